The smallest absolute Gasteiger partial charge is 0.279 e. The summed E-state index contributed by atoms with van der Waals surface area (Å²) in [4.78, 5) is 27.4. The number of rotatable bonds is 11. The summed E-state index contributed by atoms with van der Waals surface area (Å²) in [6, 6.07) is 10.3. The predicted octanol–water partition coefficient (Wildman–Crippen LogP) is 1.88. The first-order valence-electron chi connectivity index (χ1n) is 13.9. The van der Waals surface area contributed by atoms with E-state index in [1.807, 2.05) is 36.9 Å². The first-order chi connectivity index (χ1) is 19.8. The molecule has 3 aromatic heterocycles. The van der Waals surface area contributed by atoms with Crippen molar-refractivity contribution in [1.82, 2.24) is 33.9 Å². The third-order valence-electron chi connectivity index (χ3n) is 7.13. The Morgan fingerprint density at radius 3 is 2.56 bits per heavy atom. The van der Waals surface area contributed by atoms with Gasteiger partial charge in [-0.05, 0) is 43.2 Å². The van der Waals surface area contributed by atoms with E-state index < -0.39 is 15.6 Å². The second-order valence-corrected chi connectivity index (χ2v) is 11.8. The topological polar surface area (TPSA) is 147 Å². The molecule has 0 amide bonds. The molecule has 0 atom stereocenters. The van der Waals surface area contributed by atoms with E-state index in [2.05, 4.69) is 15.1 Å². The number of sulfonamides is 1. The van der Waals surface area contributed by atoms with Gasteiger partial charge in [-0.3, -0.25) is 19.4 Å². The third kappa shape index (κ3) is 6.03. The van der Waals surface area contributed by atoms with Crippen molar-refractivity contribution in [3.05, 3.63) is 64.3 Å². The van der Waals surface area contributed by atoms with Crippen molar-refractivity contribution in [2.45, 2.75) is 38.1 Å². The van der Waals surface area contributed by atoms with E-state index in [4.69, 9.17) is 9.72 Å². The zero-order chi connectivity index (χ0) is 29.0. The van der Waals surface area contributed by atoms with Gasteiger partial charge in [0.1, 0.15) is 17.1 Å². The summed E-state index contributed by atoms with van der Waals surface area (Å²) < 4.78 is 36.4. The number of hydrogen-bond donors (Lipinski definition) is 2. The first-order valence-corrected chi connectivity index (χ1v) is 15.3. The van der Waals surface area contributed by atoms with Gasteiger partial charge in [0, 0.05) is 38.9 Å². The maximum Gasteiger partial charge on any atom is 0.279 e. The Morgan fingerprint density at radius 1 is 1.07 bits per heavy atom. The SMILES string of the molecule is CCCOc1ccc(S(=O)(=O)N2CCN(CCO)CC2)cc1-c1nc2c(CC)n(Cc3ccccn3)nc2c(=O)[nH]1. The zero-order valence-electron chi connectivity index (χ0n) is 23.3. The number of hydrogen-bond acceptors (Lipinski definition) is 9. The van der Waals surface area contributed by atoms with Gasteiger partial charge >= 0.3 is 0 Å². The van der Waals surface area contributed by atoms with Crippen LogP contribution in [0.2, 0.25) is 0 Å². The minimum atomic E-state index is -3.82. The number of H-pyrrole nitrogens is 1. The molecule has 2 N–H and O–H groups in total. The maximum absolute atomic E-state index is 13.6. The Labute approximate surface area is 238 Å². The van der Waals surface area contributed by atoms with Crippen LogP contribution in [0.15, 0.2) is 52.3 Å². The molecule has 0 unspecified atom stereocenters. The molecule has 0 spiro atoms. The van der Waals surface area contributed by atoms with Crippen molar-refractivity contribution in [1.29, 1.82) is 0 Å². The molecule has 41 heavy (non-hydrogen) atoms. The van der Waals surface area contributed by atoms with Crippen molar-refractivity contribution in [3.63, 3.8) is 0 Å². The second-order valence-electron chi connectivity index (χ2n) is 9.87. The van der Waals surface area contributed by atoms with Crippen LogP contribution in [-0.4, -0.2) is 93.4 Å². The van der Waals surface area contributed by atoms with Gasteiger partial charge in [0.2, 0.25) is 10.0 Å². The number of aryl methyl sites for hydroxylation is 1. The number of aliphatic hydroxyl groups excluding tert-OH is 1. The molecule has 1 aliphatic heterocycles. The van der Waals surface area contributed by atoms with Crippen molar-refractivity contribution in [2.75, 3.05) is 45.9 Å². The summed E-state index contributed by atoms with van der Waals surface area (Å²) in [6.07, 6.45) is 3.04. The van der Waals surface area contributed by atoms with Crippen LogP contribution in [0.3, 0.4) is 0 Å². The van der Waals surface area contributed by atoms with Crippen LogP contribution in [0.5, 0.6) is 5.75 Å². The minimum absolute atomic E-state index is 0.0344. The van der Waals surface area contributed by atoms with Crippen LogP contribution >= 0.6 is 0 Å². The minimum Gasteiger partial charge on any atom is -0.493 e. The number of aromatic nitrogens is 5. The van der Waals surface area contributed by atoms with Gasteiger partial charge in [-0.2, -0.15) is 9.40 Å². The summed E-state index contributed by atoms with van der Waals surface area (Å²) in [6.45, 7) is 7.02. The number of nitrogens with one attached hydrogen (secondary N) is 1. The summed E-state index contributed by atoms with van der Waals surface area (Å²) in [5, 5.41) is 13.7. The van der Waals surface area contributed by atoms with Gasteiger partial charge in [-0.1, -0.05) is 19.9 Å². The van der Waals surface area contributed by atoms with Crippen LogP contribution in [0, 0.1) is 0 Å². The van der Waals surface area contributed by atoms with Gasteiger partial charge in [0.15, 0.2) is 5.52 Å². The van der Waals surface area contributed by atoms with Crippen LogP contribution in [0.4, 0.5) is 0 Å². The molecule has 4 heterocycles. The van der Waals surface area contributed by atoms with Crippen LogP contribution in [0.25, 0.3) is 22.4 Å². The molecule has 0 bridgehead atoms. The van der Waals surface area contributed by atoms with Gasteiger partial charge in [-0.25, -0.2) is 13.4 Å². The van der Waals surface area contributed by atoms with E-state index in [-0.39, 0.29) is 22.8 Å². The van der Waals surface area contributed by atoms with E-state index in [9.17, 15) is 18.3 Å². The molecule has 4 aromatic rings. The highest BCUT2D eigenvalue weighted by atomic mass is 32.2. The van der Waals surface area contributed by atoms with Gasteiger partial charge in [0.25, 0.3) is 5.56 Å². The number of ether oxygens (including phenoxy) is 1. The lowest BCUT2D eigenvalue weighted by molar-refractivity contribution is 0.151. The molecule has 5 rings (SSSR count). The summed E-state index contributed by atoms with van der Waals surface area (Å²) >= 11 is 0. The molecule has 218 valence electrons. The largest absolute Gasteiger partial charge is 0.493 e. The number of β-amino-alcohol motifs (C(OH)–C–C–N with tert-alkyl or cyclic N) is 1. The molecule has 0 saturated carbocycles. The molecule has 1 saturated heterocycles. The van der Waals surface area contributed by atoms with E-state index in [1.165, 1.54) is 16.4 Å². The Balaban J connectivity index is 1.56. The standard InChI is InChI=1S/C28H35N7O5S/c1-3-17-40-24-9-8-21(41(38,39)34-13-11-33(12-14-34)15-16-36)18-22(24)27-30-25-23(4-2)35(32-26(25)28(37)31-27)19-20-7-5-6-10-29-20/h5-10,18,36H,3-4,11-17,19H2,1-2H3,(H,30,31,37). The lowest BCUT2D eigenvalue weighted by atomic mass is 10.1. The average Bonchev–Trinajstić information content (AvgIpc) is 3.34. The first kappa shape index (κ1) is 28.9. The van der Waals surface area contributed by atoms with Crippen LogP contribution in [-0.2, 0) is 23.0 Å². The summed E-state index contributed by atoms with van der Waals surface area (Å²) in [7, 11) is -3.82. The second kappa shape index (κ2) is 12.5. The monoisotopic (exact) mass is 581 g/mol. The van der Waals surface area contributed by atoms with E-state index in [0.717, 1.165) is 17.8 Å². The zero-order valence-corrected chi connectivity index (χ0v) is 24.1. The van der Waals surface area contributed by atoms with Gasteiger partial charge in [-0.15, -0.1) is 0 Å². The number of aliphatic hydroxyl groups is 1. The molecule has 1 aliphatic rings. The highest BCUT2D eigenvalue weighted by Gasteiger charge is 2.29. The van der Waals surface area contributed by atoms with Crippen molar-refractivity contribution in [3.8, 4) is 17.1 Å². The van der Waals surface area contributed by atoms with E-state index in [1.54, 1.807) is 16.9 Å². The predicted molar refractivity (Wildman–Crippen MR) is 154 cm³/mol. The van der Waals surface area contributed by atoms with E-state index in [0.29, 0.717) is 69.1 Å². The fourth-order valence-corrected chi connectivity index (χ4v) is 6.44. The molecular formula is C28H35N7O5S. The number of benzene rings is 1. The molecule has 1 fully saturated rings. The van der Waals surface area contributed by atoms with E-state index >= 15 is 0 Å². The third-order valence-corrected chi connectivity index (χ3v) is 9.02. The Hall–Kier alpha value is -3.65. The molecule has 1 aromatic carbocycles. The fourth-order valence-electron chi connectivity index (χ4n) is 4.99. The summed E-state index contributed by atoms with van der Waals surface area (Å²) in [5.41, 5.74) is 2.21. The average molecular weight is 582 g/mol. The quantitative estimate of drug-likeness (QED) is 0.271. The fraction of sp³-hybridized carbons (Fsp3) is 0.429. The highest BCUT2D eigenvalue weighted by Crippen LogP contribution is 2.32. The lowest BCUT2D eigenvalue weighted by Crippen LogP contribution is -2.49. The van der Waals surface area contributed by atoms with Crippen molar-refractivity contribution < 1.29 is 18.3 Å². The molecular weight excluding hydrogens is 546 g/mol. The normalized spacial score (nSPS) is 15.0. The van der Waals surface area contributed by atoms with Crippen LogP contribution < -0.4 is 10.3 Å². The number of pyridine rings is 1. The Kier molecular flexibility index (Phi) is 8.78. The Morgan fingerprint density at radius 2 is 1.88 bits per heavy atom. The number of piperazine rings is 1. The number of aromatic amines is 1. The van der Waals surface area contributed by atoms with Gasteiger partial charge < -0.3 is 14.8 Å². The highest BCUT2D eigenvalue weighted by molar-refractivity contribution is 7.89. The Bertz CT molecular complexity index is 1660. The molecule has 12 nitrogen and oxygen atoms in total. The van der Waals surface area contributed by atoms with Crippen molar-refractivity contribution in [2.24, 2.45) is 0 Å². The van der Waals surface area contributed by atoms with Crippen LogP contribution in [0.1, 0.15) is 31.7 Å². The van der Waals surface area contributed by atoms with Gasteiger partial charge in [0.05, 0.1) is 41.6 Å². The maximum atomic E-state index is 13.6. The van der Waals surface area contributed by atoms with Crippen molar-refractivity contribution >= 4 is 21.1 Å². The number of nitrogens with zero attached hydrogens (tertiary/aromatic N) is 6. The molecule has 0 radical (unpaired) electrons. The molecule has 0 aliphatic carbocycles. The lowest BCUT2D eigenvalue weighted by Gasteiger charge is -2.33. The summed E-state index contributed by atoms with van der Waals surface area (Å²) in [5.74, 6) is 0.644. The number of fused-ring (bicyclic) bond motifs is 1. The molecule has 13 heteroatoms.